The quantitative estimate of drug-likeness (QED) is 0.115. The molecular formula is C49H53N9O9S. The number of rotatable bonds is 10. The van der Waals surface area contributed by atoms with Gasteiger partial charge in [-0.2, -0.15) is 4.98 Å². The van der Waals surface area contributed by atoms with Gasteiger partial charge in [-0.05, 0) is 87.0 Å². The van der Waals surface area contributed by atoms with Gasteiger partial charge in [0, 0.05) is 79.1 Å². The smallest absolute Gasteiger partial charge is 0.297 e. The van der Waals surface area contributed by atoms with E-state index in [0.717, 1.165) is 62.6 Å². The van der Waals surface area contributed by atoms with Gasteiger partial charge in [0.2, 0.25) is 5.88 Å². The number of hydrogen-bond donors (Lipinski definition) is 3. The van der Waals surface area contributed by atoms with Gasteiger partial charge in [-0.25, -0.2) is 13.1 Å². The Bertz CT molecular complexity index is 2990. The highest BCUT2D eigenvalue weighted by molar-refractivity contribution is 7.90. The molecule has 3 aromatic carbocycles. The van der Waals surface area contributed by atoms with Crippen molar-refractivity contribution < 1.29 is 37.1 Å². The second-order valence-electron chi connectivity index (χ2n) is 20.2. The van der Waals surface area contributed by atoms with E-state index in [2.05, 4.69) is 60.9 Å². The molecule has 19 heteroatoms. The van der Waals surface area contributed by atoms with Gasteiger partial charge in [0.05, 0.1) is 59.1 Å². The molecule has 0 unspecified atom stereocenters. The Morgan fingerprint density at radius 2 is 1.88 bits per heavy atom. The highest BCUT2D eigenvalue weighted by Crippen LogP contribution is 2.55. The average Bonchev–Trinajstić information content (AvgIpc) is 4.17. The number of carbonyl (C=O) groups is 1. The number of pyridine rings is 1. The standard InChI is InChI=1S/C49H53N9O9S/c1-28-5-2-3-6-36(28)38-7-4-12-56(38)33-18-49(19-33)26-55(27-49)31-8-9-37(39(15-31)57-41-13-29-10-11-50-46(29)52-48(41)67-44-25-64-24-42(44)57)47(59)53-68(62,63)35-16-40(58(60)61)45-43(17-35)66-22-30(51-45)20-54-21-34-14-32(54)23-65-34/h2-3,5-6,8-11,13,15-17,30,32-34,38,42,44,51H,4,7,12,14,18-27H2,1H3,(H,50,52)(H,53,59)/t30-,32-,34-,38+,42+,44+/m1/s1. The number of H-pyrrole nitrogens is 1. The van der Waals surface area contributed by atoms with Gasteiger partial charge < -0.3 is 39.0 Å². The molecule has 1 spiro atoms. The van der Waals surface area contributed by atoms with Crippen LogP contribution >= 0.6 is 0 Å². The number of benzene rings is 3. The Hall–Kier alpha value is -5.99. The van der Waals surface area contributed by atoms with Crippen LogP contribution in [0.2, 0.25) is 0 Å². The lowest BCUT2D eigenvalue weighted by molar-refractivity contribution is -0.384. The van der Waals surface area contributed by atoms with E-state index in [1.54, 1.807) is 12.3 Å². The molecule has 2 aromatic heterocycles. The van der Waals surface area contributed by atoms with Crippen LogP contribution in [-0.2, 0) is 19.5 Å². The molecule has 18 nitrogen and oxygen atoms in total. The maximum absolute atomic E-state index is 14.7. The van der Waals surface area contributed by atoms with Crippen LogP contribution in [0.1, 0.15) is 59.6 Å². The van der Waals surface area contributed by atoms with Crippen LogP contribution in [0.25, 0.3) is 11.0 Å². The monoisotopic (exact) mass is 943 g/mol. The molecule has 5 aromatic rings. The van der Waals surface area contributed by atoms with Crippen molar-refractivity contribution in [2.45, 2.75) is 86.3 Å². The lowest BCUT2D eigenvalue weighted by atomic mass is 9.60. The minimum atomic E-state index is -4.68. The van der Waals surface area contributed by atoms with Crippen LogP contribution in [0.3, 0.4) is 0 Å². The Labute approximate surface area is 393 Å². The Balaban J connectivity index is 0.793. The Kier molecular flexibility index (Phi) is 9.78. The van der Waals surface area contributed by atoms with Crippen molar-refractivity contribution in [1.82, 2.24) is 24.5 Å². The molecule has 1 saturated carbocycles. The average molecular weight is 944 g/mol. The van der Waals surface area contributed by atoms with Gasteiger partial charge >= 0.3 is 0 Å². The molecule has 2 bridgehead atoms. The summed E-state index contributed by atoms with van der Waals surface area (Å²) in [6.07, 6.45) is 7.19. The summed E-state index contributed by atoms with van der Waals surface area (Å²) in [5.41, 5.74) is 5.37. The van der Waals surface area contributed by atoms with Crippen LogP contribution in [-0.4, -0.2) is 135 Å². The van der Waals surface area contributed by atoms with Gasteiger partial charge in [-0.1, -0.05) is 24.3 Å². The fraction of sp³-hybridized carbons (Fsp3) is 0.469. The molecule has 13 rings (SSSR count). The van der Waals surface area contributed by atoms with Gasteiger partial charge in [-0.15, -0.1) is 0 Å². The first-order chi connectivity index (χ1) is 33.0. The minimum absolute atomic E-state index is 0.0250. The number of aromatic amines is 1. The summed E-state index contributed by atoms with van der Waals surface area (Å²) in [6, 6.07) is 21.0. The molecule has 3 N–H and O–H groups in total. The van der Waals surface area contributed by atoms with Crippen molar-refractivity contribution in [1.29, 1.82) is 0 Å². The van der Waals surface area contributed by atoms with Crippen molar-refractivity contribution in [3.05, 3.63) is 99.7 Å². The number of aromatic nitrogens is 2. The number of fused-ring (bicyclic) bond motifs is 6. The molecule has 8 aliphatic rings. The van der Waals surface area contributed by atoms with Crippen molar-refractivity contribution in [2.75, 3.05) is 74.3 Å². The maximum Gasteiger partial charge on any atom is 0.297 e. The zero-order valence-corrected chi connectivity index (χ0v) is 38.5. The van der Waals surface area contributed by atoms with Crippen LogP contribution in [0.15, 0.2) is 77.8 Å². The van der Waals surface area contributed by atoms with E-state index in [9.17, 15) is 23.3 Å². The first kappa shape index (κ1) is 42.1. The number of ether oxygens (including phenoxy) is 4. The fourth-order valence-corrected chi connectivity index (χ4v) is 13.6. The summed E-state index contributed by atoms with van der Waals surface area (Å²) >= 11 is 0. The van der Waals surface area contributed by atoms with Gasteiger partial charge in [-0.3, -0.25) is 24.7 Å². The van der Waals surface area contributed by atoms with E-state index in [4.69, 9.17) is 23.9 Å². The molecule has 354 valence electrons. The topological polar surface area (TPSA) is 197 Å². The van der Waals surface area contributed by atoms with Gasteiger partial charge in [0.1, 0.15) is 24.0 Å². The highest BCUT2D eigenvalue weighted by Gasteiger charge is 2.55. The van der Waals surface area contributed by atoms with E-state index < -0.39 is 37.5 Å². The first-order valence-electron chi connectivity index (χ1n) is 23.8. The van der Waals surface area contributed by atoms with Crippen LogP contribution in [0.5, 0.6) is 11.6 Å². The second-order valence-corrected chi connectivity index (χ2v) is 21.9. The Morgan fingerprint density at radius 1 is 1.01 bits per heavy atom. The van der Waals surface area contributed by atoms with E-state index in [-0.39, 0.29) is 47.2 Å². The third-order valence-corrected chi connectivity index (χ3v) is 17.2. The number of likely N-dealkylation sites (tertiary alicyclic amines) is 2. The van der Waals surface area contributed by atoms with Gasteiger partial charge in [0.15, 0.2) is 11.4 Å². The summed E-state index contributed by atoms with van der Waals surface area (Å²) in [7, 11) is -4.68. The molecule has 7 aliphatic heterocycles. The SMILES string of the molecule is Cc1ccccc1[C@@H]1CCCN1C1CC2(C1)CN(c1ccc(C(=O)NS(=O)(=O)c3cc4c(c([N+](=O)[O-])c3)N[C@H](CN3C[C@H]5C[C@@H]3CO5)CO4)c(N3c4cc5cc[nH]c5nc4O[C@H]4COC[C@@H]43)c1)C2. The molecule has 0 radical (unpaired) electrons. The van der Waals surface area contributed by atoms with Crippen LogP contribution in [0.4, 0.5) is 28.4 Å². The summed E-state index contributed by atoms with van der Waals surface area (Å²) in [6.45, 7) is 7.89. The number of carbonyl (C=O) groups excluding carboxylic acids is 1. The molecule has 6 fully saturated rings. The second kappa shape index (κ2) is 15.8. The van der Waals surface area contributed by atoms with Crippen molar-refractivity contribution in [3.63, 3.8) is 0 Å². The number of nitrogens with zero attached hydrogens (tertiary/aromatic N) is 6. The molecule has 1 amide bonds. The largest absolute Gasteiger partial charge is 0.489 e. The van der Waals surface area contributed by atoms with Crippen molar-refractivity contribution in [3.8, 4) is 11.6 Å². The lowest BCUT2D eigenvalue weighted by Crippen LogP contribution is -2.66. The molecule has 5 saturated heterocycles. The van der Waals surface area contributed by atoms with Crippen LogP contribution < -0.4 is 29.3 Å². The number of anilines is 4. The third kappa shape index (κ3) is 6.98. The number of nitro groups is 1. The van der Waals surface area contributed by atoms with Gasteiger partial charge in [0.25, 0.3) is 21.6 Å². The zero-order chi connectivity index (χ0) is 46.1. The maximum atomic E-state index is 14.7. The predicted octanol–water partition coefficient (Wildman–Crippen LogP) is 5.65. The third-order valence-electron chi connectivity index (χ3n) is 15.9. The number of amides is 1. The summed E-state index contributed by atoms with van der Waals surface area (Å²) in [4.78, 5) is 43.4. The molecular weight excluding hydrogens is 891 g/mol. The summed E-state index contributed by atoms with van der Waals surface area (Å²) < 4.78 is 55.0. The molecule has 9 heterocycles. The number of sulfonamides is 1. The molecule has 68 heavy (non-hydrogen) atoms. The number of aryl methyl sites for hydroxylation is 1. The Morgan fingerprint density at radius 3 is 2.69 bits per heavy atom. The normalized spacial score (nSPS) is 27.2. The van der Waals surface area contributed by atoms with Crippen molar-refractivity contribution in [2.24, 2.45) is 5.41 Å². The van der Waals surface area contributed by atoms with Crippen LogP contribution in [0, 0.1) is 22.5 Å². The number of nitro benzene ring substituents is 1. The van der Waals surface area contributed by atoms with E-state index in [1.165, 1.54) is 30.0 Å². The minimum Gasteiger partial charge on any atom is -0.489 e. The number of morpholine rings is 1. The molecule has 6 atom stereocenters. The zero-order valence-electron chi connectivity index (χ0n) is 37.6. The predicted molar refractivity (Wildman–Crippen MR) is 252 cm³/mol. The first-order valence-corrected chi connectivity index (χ1v) is 25.3. The van der Waals surface area contributed by atoms with Crippen molar-refractivity contribution >= 4 is 55.4 Å². The number of nitrogens with one attached hydrogen (secondary N) is 3. The summed E-state index contributed by atoms with van der Waals surface area (Å²) in [5.74, 6) is -0.508. The van der Waals surface area contributed by atoms with E-state index in [1.807, 2.05) is 29.2 Å². The fourth-order valence-electron chi connectivity index (χ4n) is 12.6. The molecule has 1 aliphatic carbocycles. The number of hydrogen-bond acceptors (Lipinski definition) is 15. The highest BCUT2D eigenvalue weighted by atomic mass is 32.2. The van der Waals surface area contributed by atoms with E-state index in [0.29, 0.717) is 67.4 Å². The lowest BCUT2D eigenvalue weighted by Gasteiger charge is -2.62. The summed E-state index contributed by atoms with van der Waals surface area (Å²) in [5, 5.41) is 16.6. The van der Waals surface area contributed by atoms with E-state index >= 15 is 0 Å².